The van der Waals surface area contributed by atoms with E-state index in [4.69, 9.17) is 10.5 Å². The van der Waals surface area contributed by atoms with E-state index in [1.165, 1.54) is 12.1 Å². The standard InChI is InChI=1S/C15H23FN2O2/c1-5-12(14(17)19)20-13-7-6-10(8-11(13)16)9-18-15(2,3)4/h6-8,12,18H,5,9H2,1-4H3,(H2,17,19). The number of nitrogens with two attached hydrogens (primary N) is 1. The molecular weight excluding hydrogens is 259 g/mol. The monoisotopic (exact) mass is 282 g/mol. The van der Waals surface area contributed by atoms with E-state index in [-0.39, 0.29) is 11.3 Å². The summed E-state index contributed by atoms with van der Waals surface area (Å²) in [6, 6.07) is 4.70. The highest BCUT2D eigenvalue weighted by Gasteiger charge is 2.17. The van der Waals surface area contributed by atoms with Crippen LogP contribution in [0, 0.1) is 5.82 Å². The molecule has 0 saturated heterocycles. The second-order valence-electron chi connectivity index (χ2n) is 5.79. The van der Waals surface area contributed by atoms with E-state index in [9.17, 15) is 9.18 Å². The van der Waals surface area contributed by atoms with Crippen LogP contribution in [-0.4, -0.2) is 17.6 Å². The van der Waals surface area contributed by atoms with Gasteiger partial charge in [-0.25, -0.2) is 4.39 Å². The van der Waals surface area contributed by atoms with Gasteiger partial charge in [-0.15, -0.1) is 0 Å². The van der Waals surface area contributed by atoms with Crippen LogP contribution in [0.15, 0.2) is 18.2 Å². The van der Waals surface area contributed by atoms with Crippen molar-refractivity contribution in [2.45, 2.75) is 52.3 Å². The molecule has 20 heavy (non-hydrogen) atoms. The maximum Gasteiger partial charge on any atom is 0.258 e. The third kappa shape index (κ3) is 5.17. The van der Waals surface area contributed by atoms with Gasteiger partial charge < -0.3 is 15.8 Å². The van der Waals surface area contributed by atoms with Crippen molar-refractivity contribution in [1.29, 1.82) is 0 Å². The fraction of sp³-hybridized carbons (Fsp3) is 0.533. The lowest BCUT2D eigenvalue weighted by atomic mass is 10.1. The molecule has 0 aromatic heterocycles. The minimum absolute atomic E-state index is 0.0368. The fourth-order valence-corrected chi connectivity index (χ4v) is 1.61. The molecule has 1 rings (SSSR count). The van der Waals surface area contributed by atoms with E-state index in [0.29, 0.717) is 13.0 Å². The minimum atomic E-state index is -0.803. The van der Waals surface area contributed by atoms with Crippen molar-refractivity contribution >= 4 is 5.91 Å². The van der Waals surface area contributed by atoms with E-state index in [1.54, 1.807) is 13.0 Å². The van der Waals surface area contributed by atoms with Gasteiger partial charge >= 0.3 is 0 Å². The van der Waals surface area contributed by atoms with Crippen LogP contribution in [0.2, 0.25) is 0 Å². The summed E-state index contributed by atoms with van der Waals surface area (Å²) in [6.07, 6.45) is -0.398. The lowest BCUT2D eigenvalue weighted by Crippen LogP contribution is -2.35. The normalized spacial score (nSPS) is 13.1. The number of amides is 1. The van der Waals surface area contributed by atoms with E-state index in [2.05, 4.69) is 5.32 Å². The molecule has 1 amide bonds. The van der Waals surface area contributed by atoms with E-state index >= 15 is 0 Å². The van der Waals surface area contributed by atoms with Crippen LogP contribution in [0.5, 0.6) is 5.75 Å². The van der Waals surface area contributed by atoms with Crippen LogP contribution in [0.1, 0.15) is 39.7 Å². The van der Waals surface area contributed by atoms with Crippen molar-refractivity contribution in [3.05, 3.63) is 29.6 Å². The first-order valence-corrected chi connectivity index (χ1v) is 6.72. The number of ether oxygens (including phenoxy) is 1. The van der Waals surface area contributed by atoms with Gasteiger partial charge in [-0.2, -0.15) is 0 Å². The Morgan fingerprint density at radius 3 is 2.55 bits per heavy atom. The summed E-state index contributed by atoms with van der Waals surface area (Å²) in [5.74, 6) is -1.03. The molecule has 0 heterocycles. The molecule has 112 valence electrons. The minimum Gasteiger partial charge on any atom is -0.478 e. The third-order valence-corrected chi connectivity index (χ3v) is 2.78. The molecule has 1 aromatic carbocycles. The van der Waals surface area contributed by atoms with Gasteiger partial charge in [-0.1, -0.05) is 13.0 Å². The second kappa shape index (κ2) is 6.70. The Morgan fingerprint density at radius 2 is 2.10 bits per heavy atom. The molecule has 0 radical (unpaired) electrons. The number of carbonyl (C=O) groups excluding carboxylic acids is 1. The summed E-state index contributed by atoms with van der Waals surface area (Å²) >= 11 is 0. The van der Waals surface area contributed by atoms with Gasteiger partial charge in [0, 0.05) is 12.1 Å². The van der Waals surface area contributed by atoms with Gasteiger partial charge in [0.25, 0.3) is 5.91 Å². The SMILES string of the molecule is CCC(Oc1ccc(CNC(C)(C)C)cc1F)C(N)=O. The number of carbonyl (C=O) groups is 1. The summed E-state index contributed by atoms with van der Waals surface area (Å²) in [6.45, 7) is 8.45. The maximum absolute atomic E-state index is 13.9. The van der Waals surface area contributed by atoms with Gasteiger partial charge in [0.1, 0.15) is 0 Å². The molecule has 0 aliphatic heterocycles. The molecule has 5 heteroatoms. The van der Waals surface area contributed by atoms with Crippen molar-refractivity contribution in [2.24, 2.45) is 5.73 Å². The first-order valence-electron chi connectivity index (χ1n) is 6.72. The number of primary amides is 1. The van der Waals surface area contributed by atoms with Crippen molar-refractivity contribution in [3.63, 3.8) is 0 Å². The van der Waals surface area contributed by atoms with E-state index in [1.807, 2.05) is 20.8 Å². The molecule has 1 aromatic rings. The molecule has 0 saturated carbocycles. The smallest absolute Gasteiger partial charge is 0.258 e. The molecule has 0 fully saturated rings. The Morgan fingerprint density at radius 1 is 1.45 bits per heavy atom. The summed E-state index contributed by atoms with van der Waals surface area (Å²) in [7, 11) is 0. The number of hydrogen-bond acceptors (Lipinski definition) is 3. The zero-order valence-electron chi connectivity index (χ0n) is 12.5. The van der Waals surface area contributed by atoms with Crippen LogP contribution < -0.4 is 15.8 Å². The van der Waals surface area contributed by atoms with Crippen LogP contribution in [0.4, 0.5) is 4.39 Å². The zero-order chi connectivity index (χ0) is 15.3. The van der Waals surface area contributed by atoms with Gasteiger partial charge in [0.15, 0.2) is 17.7 Å². The number of rotatable bonds is 6. The summed E-state index contributed by atoms with van der Waals surface area (Å²) < 4.78 is 19.2. The summed E-state index contributed by atoms with van der Waals surface area (Å²) in [5, 5.41) is 3.27. The molecule has 3 N–H and O–H groups in total. The first kappa shape index (κ1) is 16.4. The Bertz CT molecular complexity index is 469. The average molecular weight is 282 g/mol. The highest BCUT2D eigenvalue weighted by Crippen LogP contribution is 2.20. The molecule has 0 spiro atoms. The van der Waals surface area contributed by atoms with Crippen molar-refractivity contribution in [1.82, 2.24) is 5.32 Å². The number of benzene rings is 1. The molecule has 0 aliphatic rings. The Hall–Kier alpha value is -1.62. The average Bonchev–Trinajstić information content (AvgIpc) is 2.34. The second-order valence-corrected chi connectivity index (χ2v) is 5.79. The maximum atomic E-state index is 13.9. The van der Waals surface area contributed by atoms with Crippen molar-refractivity contribution in [2.75, 3.05) is 0 Å². The Kier molecular flexibility index (Phi) is 5.51. The van der Waals surface area contributed by atoms with Crippen LogP contribution in [0.3, 0.4) is 0 Å². The Labute approximate surface area is 119 Å². The predicted octanol–water partition coefficient (Wildman–Crippen LogP) is 2.36. The fourth-order valence-electron chi connectivity index (χ4n) is 1.61. The third-order valence-electron chi connectivity index (χ3n) is 2.78. The van der Waals surface area contributed by atoms with Gasteiger partial charge in [-0.3, -0.25) is 4.79 Å². The van der Waals surface area contributed by atoms with Crippen LogP contribution >= 0.6 is 0 Å². The number of nitrogens with one attached hydrogen (secondary N) is 1. The number of hydrogen-bond donors (Lipinski definition) is 2. The zero-order valence-corrected chi connectivity index (χ0v) is 12.5. The molecule has 0 bridgehead atoms. The highest BCUT2D eigenvalue weighted by molar-refractivity contribution is 5.79. The quantitative estimate of drug-likeness (QED) is 0.842. The van der Waals surface area contributed by atoms with Crippen molar-refractivity contribution in [3.8, 4) is 5.75 Å². The van der Waals surface area contributed by atoms with Crippen LogP contribution in [0.25, 0.3) is 0 Å². The lowest BCUT2D eigenvalue weighted by molar-refractivity contribution is -0.124. The highest BCUT2D eigenvalue weighted by atomic mass is 19.1. The van der Waals surface area contributed by atoms with Gasteiger partial charge in [0.05, 0.1) is 0 Å². The summed E-state index contributed by atoms with van der Waals surface area (Å²) in [5.41, 5.74) is 5.95. The molecule has 4 nitrogen and oxygen atoms in total. The number of halogens is 1. The lowest BCUT2D eigenvalue weighted by Gasteiger charge is -2.21. The van der Waals surface area contributed by atoms with Gasteiger partial charge in [-0.05, 0) is 44.9 Å². The largest absolute Gasteiger partial charge is 0.478 e. The van der Waals surface area contributed by atoms with E-state index in [0.717, 1.165) is 5.56 Å². The van der Waals surface area contributed by atoms with Crippen LogP contribution in [-0.2, 0) is 11.3 Å². The molecular formula is C15H23FN2O2. The molecule has 1 unspecified atom stereocenters. The Balaban J connectivity index is 2.75. The predicted molar refractivity (Wildman–Crippen MR) is 76.9 cm³/mol. The van der Waals surface area contributed by atoms with Crippen molar-refractivity contribution < 1.29 is 13.9 Å². The summed E-state index contributed by atoms with van der Waals surface area (Å²) in [4.78, 5) is 11.1. The molecule has 0 aliphatic carbocycles. The molecule has 1 atom stereocenters. The topological polar surface area (TPSA) is 64.3 Å². The van der Waals surface area contributed by atoms with Gasteiger partial charge in [0.2, 0.25) is 0 Å². The first-order chi connectivity index (χ1) is 9.23. The van der Waals surface area contributed by atoms with E-state index < -0.39 is 17.8 Å².